The second-order valence-corrected chi connectivity index (χ2v) is 3.73. The van der Waals surface area contributed by atoms with Crippen LogP contribution in [-0.4, -0.2) is 5.17 Å². The molecule has 0 amide bonds. The van der Waals surface area contributed by atoms with Crippen LogP contribution in [0.2, 0.25) is 0 Å². The zero-order valence-corrected chi connectivity index (χ0v) is 8.90. The first-order valence-corrected chi connectivity index (χ1v) is 5.99. The van der Waals surface area contributed by atoms with Crippen molar-refractivity contribution in [1.82, 2.24) is 0 Å². The molecule has 0 aliphatic heterocycles. The quantitative estimate of drug-likeness (QED) is 0.736. The number of unbranched alkanes of at least 4 members (excludes halogenated alkanes) is 1. The number of halogens is 3. The Balaban J connectivity index is 0. The fourth-order valence-electron chi connectivity index (χ4n) is 0.332. The summed E-state index contributed by atoms with van der Waals surface area (Å²) in [6.45, 7) is 2.08. The average Bonchev–Trinajstić information content (AvgIpc) is 1.85. The van der Waals surface area contributed by atoms with Crippen LogP contribution in [-0.2, 0) is 12.9 Å². The van der Waals surface area contributed by atoms with E-state index in [2.05, 4.69) is 6.92 Å². The Morgan fingerprint density at radius 2 is 1.90 bits per heavy atom. The van der Waals surface area contributed by atoms with Crippen molar-refractivity contribution in [2.45, 2.75) is 26.2 Å². The van der Waals surface area contributed by atoms with Gasteiger partial charge in [-0.3, -0.25) is 5.41 Å². The van der Waals surface area contributed by atoms with Crippen LogP contribution in [0.4, 0.5) is 0 Å². The van der Waals surface area contributed by atoms with E-state index in [1.54, 1.807) is 0 Å². The fourth-order valence-corrected chi connectivity index (χ4v) is 0.466. The Hall–Kier alpha value is 1.05. The third-order valence-corrected chi connectivity index (χ3v) is 0.939. The monoisotopic (exact) mass is 248 g/mol. The van der Waals surface area contributed by atoms with E-state index >= 15 is 0 Å². The van der Waals surface area contributed by atoms with Crippen LogP contribution < -0.4 is 0 Å². The zero-order chi connectivity index (χ0) is 8.41. The molecule has 0 heterocycles. The molecule has 0 saturated heterocycles. The van der Waals surface area contributed by atoms with Crippen molar-refractivity contribution >= 4 is 37.1 Å². The zero-order valence-electron chi connectivity index (χ0n) is 5.59. The Kier molecular flexibility index (Phi) is 17.3. The van der Waals surface area contributed by atoms with Crippen LogP contribution in [0.25, 0.3) is 0 Å². The molecule has 0 aromatic rings. The fraction of sp³-hybridized carbons (Fsp3) is 0.800. The molecular weight excluding hydrogens is 239 g/mol. The summed E-state index contributed by atoms with van der Waals surface area (Å²) in [4.78, 5) is 0. The van der Waals surface area contributed by atoms with Gasteiger partial charge < -0.3 is 0 Å². The third kappa shape index (κ3) is 23.0. The van der Waals surface area contributed by atoms with Gasteiger partial charge >= 0.3 is 33.2 Å². The first kappa shape index (κ1) is 13.6. The van der Waals surface area contributed by atoms with Crippen molar-refractivity contribution in [3.63, 3.8) is 0 Å². The molecule has 1 nitrogen and oxygen atoms in total. The number of nitrogens with one attached hydrogen (secondary N) is 1. The molecule has 65 valence electrons. The molecule has 0 aliphatic rings. The van der Waals surface area contributed by atoms with E-state index in [4.69, 9.17) is 37.3 Å². The van der Waals surface area contributed by atoms with Gasteiger partial charge in [0.15, 0.2) is 0 Å². The normalized spacial score (nSPS) is 8.40. The summed E-state index contributed by atoms with van der Waals surface area (Å²) in [7, 11) is 9.47. The molecular formula is C5H10Cl3CoN. The molecule has 0 saturated carbocycles. The Bertz CT molecular complexity index is 79.3. The summed E-state index contributed by atoms with van der Waals surface area (Å²) in [6, 6.07) is 0. The van der Waals surface area contributed by atoms with Crippen molar-refractivity contribution in [2.24, 2.45) is 0 Å². The molecule has 0 bridgehead atoms. The molecule has 5 heteroatoms. The number of hydrogen-bond acceptors (Lipinski definition) is 1. The summed E-state index contributed by atoms with van der Waals surface area (Å²) >= 11 is 5.62. The SMILES string of the molecule is CCCCC(=N)Cl.[Cl][Co][Cl]. The Morgan fingerprint density at radius 3 is 2.00 bits per heavy atom. The van der Waals surface area contributed by atoms with Crippen molar-refractivity contribution < 1.29 is 12.9 Å². The van der Waals surface area contributed by atoms with Gasteiger partial charge in [0.2, 0.25) is 0 Å². The topological polar surface area (TPSA) is 23.9 Å². The van der Waals surface area contributed by atoms with Gasteiger partial charge in [0.25, 0.3) is 0 Å². The second-order valence-electron chi connectivity index (χ2n) is 1.56. The molecule has 0 aromatic carbocycles. The minimum atomic E-state index is 0.279. The molecule has 0 atom stereocenters. The van der Waals surface area contributed by atoms with E-state index in [1.807, 2.05) is 0 Å². The molecule has 10 heavy (non-hydrogen) atoms. The Morgan fingerprint density at radius 1 is 1.50 bits per heavy atom. The maximum absolute atomic E-state index is 6.76. The number of hydrogen-bond donors (Lipinski definition) is 1. The van der Waals surface area contributed by atoms with Crippen LogP contribution >= 0.6 is 31.9 Å². The van der Waals surface area contributed by atoms with Gasteiger partial charge in [-0.2, -0.15) is 0 Å². The summed E-state index contributed by atoms with van der Waals surface area (Å²) < 4.78 is 0. The van der Waals surface area contributed by atoms with E-state index in [0.717, 1.165) is 19.3 Å². The Labute approximate surface area is 81.4 Å². The molecule has 0 aromatic heterocycles. The van der Waals surface area contributed by atoms with E-state index in [1.165, 1.54) is 0 Å². The first-order valence-electron chi connectivity index (χ1n) is 2.75. The standard InChI is InChI=1S/C5H10ClN.2ClH.Co/c1-2-3-4-5(6)7;;;/h7H,2-4H2,1H3;2*1H;/q;;;+2/p-2. The van der Waals surface area contributed by atoms with E-state index in [-0.39, 0.29) is 5.17 Å². The molecule has 0 unspecified atom stereocenters. The predicted molar refractivity (Wildman–Crippen MR) is 44.8 cm³/mol. The van der Waals surface area contributed by atoms with Crippen molar-refractivity contribution in [3.05, 3.63) is 0 Å². The molecule has 0 radical (unpaired) electrons. The van der Waals surface area contributed by atoms with Crippen molar-refractivity contribution in [3.8, 4) is 0 Å². The van der Waals surface area contributed by atoms with Crippen molar-refractivity contribution in [1.29, 1.82) is 5.41 Å². The molecule has 0 fully saturated rings. The van der Waals surface area contributed by atoms with Crippen LogP contribution in [0.15, 0.2) is 0 Å². The molecule has 0 aliphatic carbocycles. The summed E-state index contributed by atoms with van der Waals surface area (Å²) in [5, 5.41) is 7.04. The van der Waals surface area contributed by atoms with Gasteiger partial charge in [-0.15, -0.1) is 0 Å². The third-order valence-electron chi connectivity index (χ3n) is 0.750. The minimum absolute atomic E-state index is 0.279. The van der Waals surface area contributed by atoms with Gasteiger partial charge in [-0.25, -0.2) is 0 Å². The van der Waals surface area contributed by atoms with Crippen LogP contribution in [0.5, 0.6) is 0 Å². The van der Waals surface area contributed by atoms with Gasteiger partial charge in [-0.1, -0.05) is 24.9 Å². The van der Waals surface area contributed by atoms with Crippen LogP contribution in [0.3, 0.4) is 0 Å². The van der Waals surface area contributed by atoms with E-state index in [9.17, 15) is 0 Å². The van der Waals surface area contributed by atoms with Gasteiger partial charge in [0, 0.05) is 0 Å². The maximum atomic E-state index is 6.76. The number of rotatable bonds is 3. The summed E-state index contributed by atoms with van der Waals surface area (Å²) in [6.07, 6.45) is 2.91. The summed E-state index contributed by atoms with van der Waals surface area (Å²) in [5.41, 5.74) is 0. The molecule has 1 N–H and O–H groups in total. The summed E-state index contributed by atoms with van der Waals surface area (Å²) in [5.74, 6) is 0. The second kappa shape index (κ2) is 12.7. The van der Waals surface area contributed by atoms with Gasteiger partial charge in [0.05, 0.1) is 5.17 Å². The predicted octanol–water partition coefficient (Wildman–Crippen LogP) is 3.77. The van der Waals surface area contributed by atoms with Crippen LogP contribution in [0, 0.1) is 5.41 Å². The molecule has 0 rings (SSSR count). The molecule has 0 spiro atoms. The van der Waals surface area contributed by atoms with E-state index < -0.39 is 0 Å². The first-order chi connectivity index (χ1) is 4.68. The van der Waals surface area contributed by atoms with Crippen LogP contribution in [0.1, 0.15) is 26.2 Å². The van der Waals surface area contributed by atoms with E-state index in [0.29, 0.717) is 12.9 Å². The average molecular weight is 249 g/mol. The van der Waals surface area contributed by atoms with Gasteiger partial charge in [0.1, 0.15) is 0 Å². The van der Waals surface area contributed by atoms with Gasteiger partial charge in [-0.05, 0) is 12.8 Å². The van der Waals surface area contributed by atoms with Crippen molar-refractivity contribution in [2.75, 3.05) is 0 Å².